The molecule has 0 spiro atoms. The third-order valence-electron chi connectivity index (χ3n) is 5.51. The van der Waals surface area contributed by atoms with Gasteiger partial charge in [0.2, 0.25) is 0 Å². The second kappa shape index (κ2) is 10.0. The van der Waals surface area contributed by atoms with Crippen molar-refractivity contribution in [2.24, 2.45) is 7.05 Å². The van der Waals surface area contributed by atoms with Crippen LogP contribution in [0.5, 0.6) is 11.5 Å². The van der Waals surface area contributed by atoms with E-state index < -0.39 is 24.5 Å². The van der Waals surface area contributed by atoms with E-state index in [4.69, 9.17) is 9.47 Å². The van der Waals surface area contributed by atoms with Gasteiger partial charge in [-0.3, -0.25) is 4.98 Å². The van der Waals surface area contributed by atoms with Gasteiger partial charge in [-0.15, -0.1) is 0 Å². The lowest BCUT2D eigenvalue weighted by atomic mass is 10.0. The quantitative estimate of drug-likeness (QED) is 0.350. The van der Waals surface area contributed by atoms with Gasteiger partial charge in [-0.25, -0.2) is 14.2 Å². The second-order valence-electron chi connectivity index (χ2n) is 7.85. The number of carboxylic acid groups (broad SMARTS) is 1. The average molecular weight is 485 g/mol. The molecular weight excluding hydrogens is 463 g/mol. The highest BCUT2D eigenvalue weighted by Crippen LogP contribution is 2.39. The lowest BCUT2D eigenvalue weighted by Gasteiger charge is -2.19. The van der Waals surface area contributed by atoms with Crippen molar-refractivity contribution in [1.82, 2.24) is 14.5 Å². The molecule has 0 bridgehead atoms. The van der Waals surface area contributed by atoms with Gasteiger partial charge in [-0.2, -0.15) is 8.78 Å². The van der Waals surface area contributed by atoms with Gasteiger partial charge in [0, 0.05) is 43.2 Å². The summed E-state index contributed by atoms with van der Waals surface area (Å²) in [5.74, 6) is -1.66. The molecule has 2 aromatic heterocycles. The Hall–Kier alpha value is -4.08. The molecule has 10 heteroatoms. The molecule has 4 rings (SSSR count). The average Bonchev–Trinajstić information content (AvgIpc) is 3.25. The highest BCUT2D eigenvalue weighted by atomic mass is 19.3. The van der Waals surface area contributed by atoms with Gasteiger partial charge in [0.25, 0.3) is 0 Å². The summed E-state index contributed by atoms with van der Waals surface area (Å²) in [6, 6.07) is 9.58. The first-order chi connectivity index (χ1) is 16.8. The predicted molar refractivity (Wildman–Crippen MR) is 122 cm³/mol. The van der Waals surface area contributed by atoms with Gasteiger partial charge in [-0.05, 0) is 24.1 Å². The van der Waals surface area contributed by atoms with E-state index in [1.54, 1.807) is 13.1 Å². The van der Waals surface area contributed by atoms with Crippen LogP contribution in [0.25, 0.3) is 22.3 Å². The van der Waals surface area contributed by atoms with Gasteiger partial charge in [0.15, 0.2) is 6.10 Å². The van der Waals surface area contributed by atoms with Gasteiger partial charge >= 0.3 is 12.6 Å². The van der Waals surface area contributed by atoms with Crippen molar-refractivity contribution < 1.29 is 32.5 Å². The zero-order chi connectivity index (χ0) is 25.1. The van der Waals surface area contributed by atoms with Gasteiger partial charge in [0.1, 0.15) is 28.7 Å². The second-order valence-corrected chi connectivity index (χ2v) is 7.85. The number of carboxylic acids is 1. The number of hydrogen-bond acceptors (Lipinski definition) is 5. The predicted octanol–water partition coefficient (Wildman–Crippen LogP) is 5.21. The summed E-state index contributed by atoms with van der Waals surface area (Å²) in [4.78, 5) is 19.9. The first-order valence-corrected chi connectivity index (χ1v) is 10.8. The number of alkyl halides is 2. The molecule has 182 valence electrons. The van der Waals surface area contributed by atoms with Crippen LogP contribution in [0.1, 0.15) is 24.5 Å². The number of hydrogen-bond donors (Lipinski definition) is 1. The molecule has 35 heavy (non-hydrogen) atoms. The van der Waals surface area contributed by atoms with Crippen LogP contribution < -0.4 is 9.47 Å². The number of aromatic nitrogens is 3. The van der Waals surface area contributed by atoms with Crippen molar-refractivity contribution in [3.63, 3.8) is 0 Å². The Morgan fingerprint density at radius 3 is 2.46 bits per heavy atom. The Morgan fingerprint density at radius 1 is 1.11 bits per heavy atom. The number of ether oxygens (including phenoxy) is 2. The van der Waals surface area contributed by atoms with Crippen LogP contribution in [0.3, 0.4) is 0 Å². The molecule has 7 nitrogen and oxygen atoms in total. The maximum absolute atomic E-state index is 14.5. The smallest absolute Gasteiger partial charge is 0.387 e. The maximum atomic E-state index is 14.5. The molecule has 0 fully saturated rings. The molecule has 1 atom stereocenters. The Labute approximate surface area is 198 Å². The number of nitrogens with zero attached hydrogens (tertiary/aromatic N) is 3. The van der Waals surface area contributed by atoms with Gasteiger partial charge in [0.05, 0.1) is 5.39 Å². The SMILES string of the molecule is CCC(Oc1ccc(F)c2ncc(Cc3ccc(-c4nccn4C)cc3)c(OC(F)F)c12)C(=O)O. The number of pyridine rings is 1. The Balaban J connectivity index is 1.78. The van der Waals surface area contributed by atoms with Crippen LogP contribution in [0, 0.1) is 5.82 Å². The highest BCUT2D eigenvalue weighted by Gasteiger charge is 2.24. The zero-order valence-corrected chi connectivity index (χ0v) is 18.9. The number of halogens is 3. The molecule has 2 aromatic carbocycles. The van der Waals surface area contributed by atoms with Crippen molar-refractivity contribution >= 4 is 16.9 Å². The normalized spacial score (nSPS) is 12.2. The molecule has 1 unspecified atom stereocenters. The molecule has 4 aromatic rings. The number of carbonyl (C=O) groups is 1. The molecule has 0 aliphatic rings. The fraction of sp³-hybridized carbons (Fsp3) is 0.240. The van der Waals surface area contributed by atoms with Crippen molar-refractivity contribution in [2.75, 3.05) is 0 Å². The van der Waals surface area contributed by atoms with E-state index in [0.717, 1.165) is 23.0 Å². The van der Waals surface area contributed by atoms with Crippen LogP contribution >= 0.6 is 0 Å². The van der Waals surface area contributed by atoms with E-state index >= 15 is 0 Å². The summed E-state index contributed by atoms with van der Waals surface area (Å²) >= 11 is 0. The van der Waals surface area contributed by atoms with Crippen molar-refractivity contribution in [3.05, 3.63) is 71.9 Å². The topological polar surface area (TPSA) is 86.5 Å². The first-order valence-electron chi connectivity index (χ1n) is 10.8. The molecule has 0 radical (unpaired) electrons. The molecular formula is C25H22F3N3O4. The van der Waals surface area contributed by atoms with E-state index in [1.807, 2.05) is 42.1 Å². The summed E-state index contributed by atoms with van der Waals surface area (Å²) in [5.41, 5.74) is 1.65. The highest BCUT2D eigenvalue weighted by molar-refractivity contribution is 5.93. The van der Waals surface area contributed by atoms with Crippen LogP contribution in [-0.2, 0) is 18.3 Å². The minimum atomic E-state index is -3.21. The van der Waals surface area contributed by atoms with Crippen LogP contribution in [-0.4, -0.2) is 38.3 Å². The van der Waals surface area contributed by atoms with E-state index in [-0.39, 0.29) is 40.8 Å². The zero-order valence-electron chi connectivity index (χ0n) is 18.9. The lowest BCUT2D eigenvalue weighted by Crippen LogP contribution is -2.26. The van der Waals surface area contributed by atoms with Crippen LogP contribution in [0.2, 0.25) is 0 Å². The van der Waals surface area contributed by atoms with Crippen LogP contribution in [0.15, 0.2) is 55.0 Å². The number of imidazole rings is 1. The van der Waals surface area contributed by atoms with Gasteiger partial charge in [-0.1, -0.05) is 31.2 Å². The standard InChI is InChI=1S/C25H22F3N3O4/c1-3-18(24(32)33)34-19-9-8-17(26)21-20(19)22(35-25(27)28)16(13-30-21)12-14-4-6-15(7-5-14)23-29-10-11-31(23)2/h4-11,13,18,25H,3,12H2,1-2H3,(H,32,33). The van der Waals surface area contributed by atoms with E-state index in [0.29, 0.717) is 0 Å². The molecule has 2 heterocycles. The van der Waals surface area contributed by atoms with E-state index in [2.05, 4.69) is 9.97 Å². The lowest BCUT2D eigenvalue weighted by molar-refractivity contribution is -0.145. The third kappa shape index (κ3) is 5.06. The summed E-state index contributed by atoms with van der Waals surface area (Å²) in [6.07, 6.45) is 3.78. The molecule has 0 saturated carbocycles. The summed E-state index contributed by atoms with van der Waals surface area (Å²) < 4.78 is 53.6. The van der Waals surface area contributed by atoms with Crippen molar-refractivity contribution in [2.45, 2.75) is 32.5 Å². The largest absolute Gasteiger partial charge is 0.479 e. The summed E-state index contributed by atoms with van der Waals surface area (Å²) in [7, 11) is 1.87. The number of aliphatic carboxylic acids is 1. The monoisotopic (exact) mass is 485 g/mol. The molecule has 0 aliphatic heterocycles. The van der Waals surface area contributed by atoms with E-state index in [9.17, 15) is 23.1 Å². The maximum Gasteiger partial charge on any atom is 0.387 e. The van der Waals surface area contributed by atoms with Crippen LogP contribution in [0.4, 0.5) is 13.2 Å². The Kier molecular flexibility index (Phi) is 6.90. The summed E-state index contributed by atoms with van der Waals surface area (Å²) in [6.45, 7) is -1.61. The molecule has 0 saturated heterocycles. The van der Waals surface area contributed by atoms with Crippen molar-refractivity contribution in [3.8, 4) is 22.9 Å². The minimum absolute atomic E-state index is 0.106. The molecule has 0 aliphatic carbocycles. The number of aryl methyl sites for hydroxylation is 1. The first kappa shape index (κ1) is 24.1. The number of benzene rings is 2. The third-order valence-corrected chi connectivity index (χ3v) is 5.51. The molecule has 0 amide bonds. The fourth-order valence-corrected chi connectivity index (χ4v) is 3.80. The number of rotatable bonds is 9. The number of fused-ring (bicyclic) bond motifs is 1. The van der Waals surface area contributed by atoms with Gasteiger partial charge < -0.3 is 19.1 Å². The fourth-order valence-electron chi connectivity index (χ4n) is 3.80. The molecule has 1 N–H and O–H groups in total. The van der Waals surface area contributed by atoms with E-state index in [1.165, 1.54) is 12.3 Å². The van der Waals surface area contributed by atoms with Crippen molar-refractivity contribution in [1.29, 1.82) is 0 Å². The Bertz CT molecular complexity index is 1360. The Morgan fingerprint density at radius 2 is 1.86 bits per heavy atom. The minimum Gasteiger partial charge on any atom is -0.479 e. The summed E-state index contributed by atoms with van der Waals surface area (Å²) in [5, 5.41) is 9.22.